The number of nitrogens with one attached hydrogen (secondary N) is 2. The summed E-state index contributed by atoms with van der Waals surface area (Å²) >= 11 is 0. The Hall–Kier alpha value is 0.170. The molecular formula is C25H52ClN3. The molecule has 4 heteroatoms. The average molecular weight is 430 g/mol. The summed E-state index contributed by atoms with van der Waals surface area (Å²) in [4.78, 5) is 2.72. The van der Waals surface area contributed by atoms with Gasteiger partial charge in [-0.05, 0) is 64.8 Å². The lowest BCUT2D eigenvalue weighted by Gasteiger charge is -2.35. The van der Waals surface area contributed by atoms with Crippen molar-refractivity contribution in [3.05, 3.63) is 0 Å². The number of hydrogen-bond acceptors (Lipinski definition) is 3. The van der Waals surface area contributed by atoms with E-state index in [1.807, 2.05) is 0 Å². The molecule has 2 N–H and O–H groups in total. The molecule has 0 aromatic carbocycles. The van der Waals surface area contributed by atoms with Crippen LogP contribution in [0.4, 0.5) is 0 Å². The standard InChI is InChI=1S/C25H51N3.ClH/c1-2-3-4-5-6-7-8-9-10-11-12-13-14-21-28-22-17-25(18-23-28)27-24-15-19-26-20-16-24;/h24-27H,2-23H2,1H3;1H. The van der Waals surface area contributed by atoms with Crippen LogP contribution in [0.2, 0.25) is 0 Å². The number of piperidine rings is 2. The Morgan fingerprint density at radius 1 is 0.655 bits per heavy atom. The molecule has 2 aliphatic heterocycles. The van der Waals surface area contributed by atoms with E-state index in [1.165, 1.54) is 142 Å². The van der Waals surface area contributed by atoms with E-state index in [1.54, 1.807) is 0 Å². The Bertz CT molecular complexity index is 339. The molecule has 0 spiro atoms. The number of hydrogen-bond donors (Lipinski definition) is 2. The molecule has 29 heavy (non-hydrogen) atoms. The van der Waals surface area contributed by atoms with Crippen molar-refractivity contribution in [3.8, 4) is 0 Å². The van der Waals surface area contributed by atoms with Crippen molar-refractivity contribution < 1.29 is 0 Å². The van der Waals surface area contributed by atoms with Gasteiger partial charge in [-0.2, -0.15) is 0 Å². The van der Waals surface area contributed by atoms with Crippen LogP contribution in [0.25, 0.3) is 0 Å². The molecule has 0 atom stereocenters. The molecule has 0 aromatic heterocycles. The molecular weight excluding hydrogens is 378 g/mol. The zero-order chi connectivity index (χ0) is 19.7. The van der Waals surface area contributed by atoms with E-state index < -0.39 is 0 Å². The van der Waals surface area contributed by atoms with Gasteiger partial charge in [0.25, 0.3) is 0 Å². The van der Waals surface area contributed by atoms with Gasteiger partial charge in [-0.15, -0.1) is 12.4 Å². The summed E-state index contributed by atoms with van der Waals surface area (Å²) in [6, 6.07) is 1.56. The fraction of sp³-hybridized carbons (Fsp3) is 1.00. The third kappa shape index (κ3) is 14.0. The van der Waals surface area contributed by atoms with Crippen LogP contribution in [0.3, 0.4) is 0 Å². The van der Waals surface area contributed by atoms with Crippen molar-refractivity contribution in [1.29, 1.82) is 0 Å². The summed E-state index contributed by atoms with van der Waals surface area (Å²) in [7, 11) is 0. The van der Waals surface area contributed by atoms with Gasteiger partial charge in [-0.25, -0.2) is 0 Å². The first kappa shape index (κ1) is 27.2. The summed E-state index contributed by atoms with van der Waals surface area (Å²) in [5.41, 5.74) is 0. The SMILES string of the molecule is CCCCCCCCCCCCCCCN1CCC(NC2CCNCC2)CC1.Cl. The minimum absolute atomic E-state index is 0. The maximum Gasteiger partial charge on any atom is 0.00940 e. The van der Waals surface area contributed by atoms with Gasteiger partial charge in [0.05, 0.1) is 0 Å². The molecule has 2 aliphatic rings. The van der Waals surface area contributed by atoms with Gasteiger partial charge in [0.2, 0.25) is 0 Å². The minimum Gasteiger partial charge on any atom is -0.317 e. The maximum absolute atomic E-state index is 3.93. The largest absolute Gasteiger partial charge is 0.317 e. The van der Waals surface area contributed by atoms with Crippen LogP contribution in [0.15, 0.2) is 0 Å². The zero-order valence-electron chi connectivity index (χ0n) is 19.6. The van der Waals surface area contributed by atoms with Crippen LogP contribution in [-0.4, -0.2) is 49.7 Å². The third-order valence-corrected chi connectivity index (χ3v) is 6.98. The Balaban J connectivity index is 0.00000420. The number of halogens is 1. The molecule has 0 bridgehead atoms. The quantitative estimate of drug-likeness (QED) is 0.281. The highest BCUT2D eigenvalue weighted by molar-refractivity contribution is 5.85. The van der Waals surface area contributed by atoms with Gasteiger partial charge in [-0.3, -0.25) is 0 Å². The fourth-order valence-corrected chi connectivity index (χ4v) is 5.00. The van der Waals surface area contributed by atoms with Gasteiger partial charge in [0.1, 0.15) is 0 Å². The van der Waals surface area contributed by atoms with Crippen LogP contribution in [0, 0.1) is 0 Å². The van der Waals surface area contributed by atoms with Gasteiger partial charge >= 0.3 is 0 Å². The van der Waals surface area contributed by atoms with Crippen LogP contribution >= 0.6 is 12.4 Å². The normalized spacial score (nSPS) is 19.3. The Kier molecular flexibility index (Phi) is 17.7. The predicted octanol–water partition coefficient (Wildman–Crippen LogP) is 6.31. The summed E-state index contributed by atoms with van der Waals surface area (Å²) in [5, 5.41) is 7.40. The molecule has 2 rings (SSSR count). The average Bonchev–Trinajstić information content (AvgIpc) is 2.73. The van der Waals surface area contributed by atoms with Crippen molar-refractivity contribution >= 4 is 12.4 Å². The first-order valence-corrected chi connectivity index (χ1v) is 13.1. The molecule has 0 unspecified atom stereocenters. The highest BCUT2D eigenvalue weighted by Crippen LogP contribution is 2.16. The number of likely N-dealkylation sites (tertiary alicyclic amines) is 1. The molecule has 2 fully saturated rings. The van der Waals surface area contributed by atoms with Crippen molar-refractivity contribution in [3.63, 3.8) is 0 Å². The van der Waals surface area contributed by atoms with Crippen LogP contribution in [0.1, 0.15) is 116 Å². The molecule has 0 amide bonds. The van der Waals surface area contributed by atoms with E-state index in [0.717, 1.165) is 12.1 Å². The van der Waals surface area contributed by atoms with Gasteiger partial charge < -0.3 is 15.5 Å². The molecule has 0 saturated carbocycles. The molecule has 3 nitrogen and oxygen atoms in total. The topological polar surface area (TPSA) is 27.3 Å². The van der Waals surface area contributed by atoms with E-state index in [-0.39, 0.29) is 12.4 Å². The lowest BCUT2D eigenvalue weighted by Crippen LogP contribution is -2.49. The smallest absolute Gasteiger partial charge is 0.00940 e. The van der Waals surface area contributed by atoms with Gasteiger partial charge in [0, 0.05) is 12.1 Å². The van der Waals surface area contributed by atoms with Gasteiger partial charge in [-0.1, -0.05) is 84.0 Å². The van der Waals surface area contributed by atoms with Crippen molar-refractivity contribution in [2.45, 2.75) is 128 Å². The number of nitrogens with zero attached hydrogens (tertiary/aromatic N) is 1. The monoisotopic (exact) mass is 429 g/mol. The third-order valence-electron chi connectivity index (χ3n) is 6.98. The van der Waals surface area contributed by atoms with E-state index >= 15 is 0 Å². The lowest BCUT2D eigenvalue weighted by atomic mass is 10.00. The van der Waals surface area contributed by atoms with E-state index in [4.69, 9.17) is 0 Å². The van der Waals surface area contributed by atoms with Crippen LogP contribution < -0.4 is 10.6 Å². The van der Waals surface area contributed by atoms with Crippen molar-refractivity contribution in [2.24, 2.45) is 0 Å². The van der Waals surface area contributed by atoms with Crippen LogP contribution in [-0.2, 0) is 0 Å². The van der Waals surface area contributed by atoms with E-state index in [0.29, 0.717) is 0 Å². The van der Waals surface area contributed by atoms with Gasteiger partial charge in [0.15, 0.2) is 0 Å². The van der Waals surface area contributed by atoms with E-state index in [9.17, 15) is 0 Å². The lowest BCUT2D eigenvalue weighted by molar-refractivity contribution is 0.182. The van der Waals surface area contributed by atoms with E-state index in [2.05, 4.69) is 22.5 Å². The van der Waals surface area contributed by atoms with Crippen LogP contribution in [0.5, 0.6) is 0 Å². The second-order valence-corrected chi connectivity index (χ2v) is 9.55. The number of unbranched alkanes of at least 4 members (excludes halogenated alkanes) is 12. The summed E-state index contributed by atoms with van der Waals surface area (Å²) in [5.74, 6) is 0. The zero-order valence-corrected chi connectivity index (χ0v) is 20.4. The Morgan fingerprint density at radius 3 is 1.62 bits per heavy atom. The molecule has 2 saturated heterocycles. The summed E-state index contributed by atoms with van der Waals surface area (Å²) in [6.07, 6.45) is 24.3. The first-order valence-electron chi connectivity index (χ1n) is 13.1. The maximum atomic E-state index is 3.93. The Morgan fingerprint density at radius 2 is 1.10 bits per heavy atom. The second kappa shape index (κ2) is 18.9. The summed E-state index contributed by atoms with van der Waals surface area (Å²) in [6.45, 7) is 8.70. The minimum atomic E-state index is 0. The molecule has 174 valence electrons. The molecule has 2 heterocycles. The second-order valence-electron chi connectivity index (χ2n) is 9.55. The molecule has 0 aromatic rings. The highest BCUT2D eigenvalue weighted by Gasteiger charge is 2.22. The molecule has 0 aliphatic carbocycles. The number of rotatable bonds is 16. The van der Waals surface area contributed by atoms with Crippen molar-refractivity contribution in [1.82, 2.24) is 15.5 Å². The highest BCUT2D eigenvalue weighted by atomic mass is 35.5. The first-order chi connectivity index (χ1) is 13.9. The molecule has 0 radical (unpaired) electrons. The fourth-order valence-electron chi connectivity index (χ4n) is 5.00. The summed E-state index contributed by atoms with van der Waals surface area (Å²) < 4.78 is 0. The Labute approximate surface area is 188 Å². The predicted molar refractivity (Wildman–Crippen MR) is 131 cm³/mol. The van der Waals surface area contributed by atoms with Crippen molar-refractivity contribution in [2.75, 3.05) is 32.7 Å².